The monoisotopic (exact) mass is 380 g/mol. The number of fused-ring (bicyclic) bond motifs is 1. The van der Waals surface area contributed by atoms with E-state index in [0.717, 1.165) is 23.5 Å². The Balaban J connectivity index is 1.69. The van der Waals surface area contributed by atoms with Crippen LogP contribution in [0, 0.1) is 0 Å². The molecule has 0 radical (unpaired) electrons. The first-order valence-electron chi connectivity index (χ1n) is 8.96. The summed E-state index contributed by atoms with van der Waals surface area (Å²) in [6, 6.07) is 12.6. The molecule has 1 aromatic heterocycles. The van der Waals surface area contributed by atoms with Gasteiger partial charge < -0.3 is 19.4 Å². The van der Waals surface area contributed by atoms with E-state index in [2.05, 4.69) is 15.0 Å². The van der Waals surface area contributed by atoms with Crippen LogP contribution in [0.15, 0.2) is 57.2 Å². The number of benzene rings is 2. The third-order valence-electron chi connectivity index (χ3n) is 4.69. The third kappa shape index (κ3) is 3.41. The average molecular weight is 380 g/mol. The Kier molecular flexibility index (Phi) is 4.94. The van der Waals surface area contributed by atoms with Gasteiger partial charge in [0.2, 0.25) is 0 Å². The highest BCUT2D eigenvalue weighted by Gasteiger charge is 2.13. The molecule has 8 nitrogen and oxygen atoms in total. The molecule has 8 heteroatoms. The highest BCUT2D eigenvalue weighted by atomic mass is 16.5. The molecular weight excluding hydrogens is 360 g/mol. The van der Waals surface area contributed by atoms with Crippen molar-refractivity contribution >= 4 is 22.8 Å². The van der Waals surface area contributed by atoms with Gasteiger partial charge in [0.05, 0.1) is 37.4 Å². The van der Waals surface area contributed by atoms with Gasteiger partial charge in [-0.3, -0.25) is 4.79 Å². The predicted molar refractivity (Wildman–Crippen MR) is 108 cm³/mol. The van der Waals surface area contributed by atoms with Gasteiger partial charge in [0.15, 0.2) is 0 Å². The maximum atomic E-state index is 12.6. The Bertz CT molecular complexity index is 1140. The van der Waals surface area contributed by atoms with Gasteiger partial charge >= 0.3 is 5.69 Å². The fourth-order valence-electron chi connectivity index (χ4n) is 3.20. The number of nitrogens with zero attached hydrogens (tertiary/aromatic N) is 3. The first kappa shape index (κ1) is 18.0. The quantitative estimate of drug-likeness (QED) is 0.692. The highest BCUT2D eigenvalue weighted by Crippen LogP contribution is 2.25. The second-order valence-corrected chi connectivity index (χ2v) is 6.36. The van der Waals surface area contributed by atoms with Gasteiger partial charge in [0.1, 0.15) is 5.75 Å². The number of morpholine rings is 1. The Morgan fingerprint density at radius 2 is 1.93 bits per heavy atom. The molecular formula is C20H20N4O4. The normalized spacial score (nSPS) is 14.7. The van der Waals surface area contributed by atoms with E-state index < -0.39 is 11.2 Å². The molecule has 0 spiro atoms. The van der Waals surface area contributed by atoms with Crippen molar-refractivity contribution in [1.29, 1.82) is 0 Å². The first-order valence-corrected chi connectivity index (χ1v) is 8.96. The van der Waals surface area contributed by atoms with Crippen molar-refractivity contribution in [3.63, 3.8) is 0 Å². The van der Waals surface area contributed by atoms with Crippen LogP contribution in [0.25, 0.3) is 10.9 Å². The summed E-state index contributed by atoms with van der Waals surface area (Å²) in [5.41, 5.74) is 1.11. The molecule has 2 heterocycles. The maximum Gasteiger partial charge on any atom is 0.349 e. The van der Waals surface area contributed by atoms with Crippen LogP contribution >= 0.6 is 0 Å². The standard InChI is InChI=1S/C20H20N4O4/c1-27-18-12-15(23-8-10-28-11-9-23)7-6-14(18)13-21-24-19(25)16-4-2-3-5-17(16)22-20(24)26/h2-7,12-13H,8-11H2,1H3,(H,22,26). The van der Waals surface area contributed by atoms with Gasteiger partial charge in [-0.2, -0.15) is 5.10 Å². The van der Waals surface area contributed by atoms with Crippen LogP contribution in [0.2, 0.25) is 0 Å². The van der Waals surface area contributed by atoms with Crippen LogP contribution in [-0.2, 0) is 4.74 Å². The lowest BCUT2D eigenvalue weighted by Gasteiger charge is -2.29. The van der Waals surface area contributed by atoms with Gasteiger partial charge in [0, 0.05) is 30.4 Å². The van der Waals surface area contributed by atoms with E-state index in [1.54, 1.807) is 31.4 Å². The summed E-state index contributed by atoms with van der Waals surface area (Å²) in [6.07, 6.45) is 1.45. The van der Waals surface area contributed by atoms with E-state index >= 15 is 0 Å². The van der Waals surface area contributed by atoms with E-state index in [9.17, 15) is 9.59 Å². The molecule has 1 fully saturated rings. The number of anilines is 1. The van der Waals surface area contributed by atoms with Gasteiger partial charge in [0.25, 0.3) is 5.56 Å². The number of hydrogen-bond acceptors (Lipinski definition) is 6. The molecule has 0 saturated carbocycles. The number of H-pyrrole nitrogens is 1. The minimum absolute atomic E-state index is 0.397. The SMILES string of the molecule is COc1cc(N2CCOCC2)ccc1C=Nn1c(=O)[nH]c2ccccc2c1=O. The van der Waals surface area contributed by atoms with Gasteiger partial charge in [-0.05, 0) is 24.3 Å². The Hall–Kier alpha value is -3.39. The van der Waals surface area contributed by atoms with Gasteiger partial charge in [-0.1, -0.05) is 12.1 Å². The number of aromatic nitrogens is 2. The maximum absolute atomic E-state index is 12.6. The zero-order valence-electron chi connectivity index (χ0n) is 15.4. The molecule has 1 aliphatic heterocycles. The largest absolute Gasteiger partial charge is 0.496 e. The molecule has 1 aliphatic rings. The third-order valence-corrected chi connectivity index (χ3v) is 4.69. The molecule has 2 aromatic carbocycles. The van der Waals surface area contributed by atoms with Crippen molar-refractivity contribution in [3.05, 3.63) is 68.9 Å². The molecule has 4 rings (SSSR count). The van der Waals surface area contributed by atoms with Crippen molar-refractivity contribution in [2.45, 2.75) is 0 Å². The second kappa shape index (κ2) is 7.69. The lowest BCUT2D eigenvalue weighted by atomic mass is 10.1. The topological polar surface area (TPSA) is 88.9 Å². The van der Waals surface area contributed by atoms with Crippen molar-refractivity contribution in [1.82, 2.24) is 9.66 Å². The average Bonchev–Trinajstić information content (AvgIpc) is 2.74. The Labute approximate surface area is 160 Å². The minimum Gasteiger partial charge on any atom is -0.496 e. The summed E-state index contributed by atoms with van der Waals surface area (Å²) in [7, 11) is 1.57. The van der Waals surface area contributed by atoms with E-state index in [-0.39, 0.29) is 0 Å². The molecule has 0 atom stereocenters. The van der Waals surface area contributed by atoms with Gasteiger partial charge in [-0.15, -0.1) is 4.68 Å². The van der Waals surface area contributed by atoms with Crippen LogP contribution < -0.4 is 20.9 Å². The molecule has 28 heavy (non-hydrogen) atoms. The molecule has 144 valence electrons. The van der Waals surface area contributed by atoms with E-state index in [0.29, 0.717) is 35.4 Å². The first-order chi connectivity index (χ1) is 13.7. The molecule has 1 saturated heterocycles. The Morgan fingerprint density at radius 3 is 2.71 bits per heavy atom. The summed E-state index contributed by atoms with van der Waals surface area (Å²) in [4.78, 5) is 29.7. The summed E-state index contributed by atoms with van der Waals surface area (Å²) in [6.45, 7) is 3.02. The molecule has 3 aromatic rings. The molecule has 1 N–H and O–H groups in total. The van der Waals surface area contributed by atoms with Crippen molar-refractivity contribution < 1.29 is 9.47 Å². The van der Waals surface area contributed by atoms with Crippen LogP contribution in [-0.4, -0.2) is 49.3 Å². The number of ether oxygens (including phenoxy) is 2. The van der Waals surface area contributed by atoms with Crippen molar-refractivity contribution in [3.8, 4) is 5.75 Å². The number of methoxy groups -OCH3 is 1. The molecule has 0 aliphatic carbocycles. The zero-order valence-corrected chi connectivity index (χ0v) is 15.4. The highest BCUT2D eigenvalue weighted by molar-refractivity contribution is 5.85. The summed E-state index contributed by atoms with van der Waals surface area (Å²) >= 11 is 0. The van der Waals surface area contributed by atoms with Crippen LogP contribution in [0.1, 0.15) is 5.56 Å². The van der Waals surface area contributed by atoms with E-state index in [1.165, 1.54) is 6.21 Å². The second-order valence-electron chi connectivity index (χ2n) is 6.36. The smallest absolute Gasteiger partial charge is 0.349 e. The van der Waals surface area contributed by atoms with E-state index in [4.69, 9.17) is 9.47 Å². The molecule has 0 unspecified atom stereocenters. The van der Waals surface area contributed by atoms with Crippen LogP contribution in [0.4, 0.5) is 5.69 Å². The number of nitrogens with one attached hydrogen (secondary N) is 1. The van der Waals surface area contributed by atoms with Crippen LogP contribution in [0.5, 0.6) is 5.75 Å². The number of rotatable bonds is 4. The summed E-state index contributed by atoms with van der Waals surface area (Å²) in [5, 5.41) is 4.50. The van der Waals surface area contributed by atoms with Crippen molar-refractivity contribution in [2.24, 2.45) is 5.10 Å². The number of para-hydroxylation sites is 1. The molecule has 0 amide bonds. The molecule has 0 bridgehead atoms. The number of hydrogen-bond donors (Lipinski definition) is 1. The lowest BCUT2D eigenvalue weighted by molar-refractivity contribution is 0.122. The fourth-order valence-corrected chi connectivity index (χ4v) is 3.20. The van der Waals surface area contributed by atoms with Gasteiger partial charge in [-0.25, -0.2) is 4.79 Å². The number of aromatic amines is 1. The predicted octanol–water partition coefficient (Wildman–Crippen LogP) is 1.42. The zero-order chi connectivity index (χ0) is 19.5. The fraction of sp³-hybridized carbons (Fsp3) is 0.250. The van der Waals surface area contributed by atoms with Crippen LogP contribution in [0.3, 0.4) is 0 Å². The Morgan fingerprint density at radius 1 is 1.14 bits per heavy atom. The van der Waals surface area contributed by atoms with E-state index in [1.807, 2.05) is 18.2 Å². The lowest BCUT2D eigenvalue weighted by Crippen LogP contribution is -2.36. The summed E-state index contributed by atoms with van der Waals surface area (Å²) < 4.78 is 11.7. The van der Waals surface area contributed by atoms with Crippen molar-refractivity contribution in [2.75, 3.05) is 38.3 Å². The summed E-state index contributed by atoms with van der Waals surface area (Å²) in [5.74, 6) is 0.609. The minimum atomic E-state index is -0.594.